The first-order chi connectivity index (χ1) is 12.3. The van der Waals surface area contributed by atoms with Crippen LogP contribution in [0.25, 0.3) is 12.2 Å². The number of phenolic OH excluding ortho intramolecular Hbond substituents is 2. The van der Waals surface area contributed by atoms with E-state index in [2.05, 4.69) is 0 Å². The normalized spacial score (nSPS) is 17.5. The Bertz CT molecular complexity index is 853. The molecule has 26 heavy (non-hydrogen) atoms. The quantitative estimate of drug-likeness (QED) is 0.532. The second kappa shape index (κ2) is 7.53. The Morgan fingerprint density at radius 2 is 1.00 bits per heavy atom. The van der Waals surface area contributed by atoms with Gasteiger partial charge >= 0.3 is 0 Å². The summed E-state index contributed by atoms with van der Waals surface area (Å²) in [6.07, 6.45) is 4.55. The van der Waals surface area contributed by atoms with Crippen molar-refractivity contribution in [1.29, 1.82) is 0 Å². The summed E-state index contributed by atoms with van der Waals surface area (Å²) in [7, 11) is 0. The lowest BCUT2D eigenvalue weighted by molar-refractivity contribution is -0.111. The third-order valence-corrected chi connectivity index (χ3v) is 5.16. The van der Waals surface area contributed by atoms with Crippen LogP contribution in [-0.2, 0) is 4.79 Å². The average Bonchev–Trinajstić information content (AvgIpc) is 2.90. The highest BCUT2D eigenvalue weighted by Crippen LogP contribution is 2.37. The number of hydrogen-bond acceptors (Lipinski definition) is 3. The van der Waals surface area contributed by atoms with Gasteiger partial charge < -0.3 is 10.2 Å². The zero-order valence-electron chi connectivity index (χ0n) is 13.2. The standard InChI is InChI=1S/C19H12Cl4O3/c20-13-5-9(6-14(21)18(13)25)3-11-1-2-12(17(11)24)4-10-7-15(22)19(26)16(23)8-10/h3-8,25-26H,1-2H2/b11-3-,12-4+. The molecule has 2 aromatic rings. The number of halogens is 4. The average molecular weight is 430 g/mol. The fourth-order valence-corrected chi connectivity index (χ4v) is 3.73. The maximum Gasteiger partial charge on any atom is 0.185 e. The molecule has 134 valence electrons. The Morgan fingerprint density at radius 1 is 0.692 bits per heavy atom. The fourth-order valence-electron chi connectivity index (χ4n) is 2.72. The van der Waals surface area contributed by atoms with Gasteiger partial charge in [-0.3, -0.25) is 4.79 Å². The molecule has 3 nitrogen and oxygen atoms in total. The monoisotopic (exact) mass is 428 g/mol. The van der Waals surface area contributed by atoms with Gasteiger partial charge in [-0.25, -0.2) is 0 Å². The van der Waals surface area contributed by atoms with E-state index in [0.29, 0.717) is 35.1 Å². The van der Waals surface area contributed by atoms with Gasteiger partial charge in [0.15, 0.2) is 17.3 Å². The summed E-state index contributed by atoms with van der Waals surface area (Å²) in [4.78, 5) is 12.6. The SMILES string of the molecule is O=C1/C(=C\c2cc(Cl)c(O)c(Cl)c2)CC/C1=C\c1cc(Cl)c(O)c(Cl)c1. The number of Topliss-reactive ketones (excluding diaryl/α,β-unsaturated/α-hetero) is 1. The lowest BCUT2D eigenvalue weighted by Crippen LogP contribution is -1.95. The largest absolute Gasteiger partial charge is 0.505 e. The van der Waals surface area contributed by atoms with Crippen molar-refractivity contribution in [1.82, 2.24) is 0 Å². The minimum absolute atomic E-state index is 0.0920. The summed E-state index contributed by atoms with van der Waals surface area (Å²) in [6.45, 7) is 0. The topological polar surface area (TPSA) is 57.5 Å². The zero-order valence-corrected chi connectivity index (χ0v) is 16.2. The van der Waals surface area contributed by atoms with Crippen LogP contribution in [-0.4, -0.2) is 16.0 Å². The molecule has 0 bridgehead atoms. The second-order valence-electron chi connectivity index (χ2n) is 5.83. The van der Waals surface area contributed by atoms with Gasteiger partial charge in [0.1, 0.15) is 0 Å². The number of benzene rings is 2. The Balaban J connectivity index is 1.91. The predicted molar refractivity (Wildman–Crippen MR) is 106 cm³/mol. The van der Waals surface area contributed by atoms with Crippen molar-refractivity contribution in [2.45, 2.75) is 12.8 Å². The van der Waals surface area contributed by atoms with E-state index in [-0.39, 0.29) is 37.4 Å². The van der Waals surface area contributed by atoms with Gasteiger partial charge in [0, 0.05) is 11.1 Å². The number of carbonyl (C=O) groups excluding carboxylic acids is 1. The number of aromatic hydroxyl groups is 2. The highest BCUT2D eigenvalue weighted by atomic mass is 35.5. The van der Waals surface area contributed by atoms with Crippen LogP contribution in [0.3, 0.4) is 0 Å². The molecule has 2 N–H and O–H groups in total. The number of phenols is 2. The van der Waals surface area contributed by atoms with E-state index in [1.807, 2.05) is 0 Å². The summed E-state index contributed by atoms with van der Waals surface area (Å²) in [6, 6.07) is 6.18. The Hall–Kier alpha value is -1.65. The molecule has 2 aromatic carbocycles. The van der Waals surface area contributed by atoms with Crippen LogP contribution in [0.15, 0.2) is 35.4 Å². The summed E-state index contributed by atoms with van der Waals surface area (Å²) in [5.41, 5.74) is 2.51. The third-order valence-electron chi connectivity index (χ3n) is 4.01. The first kappa shape index (κ1) is 19.1. The number of allylic oxidation sites excluding steroid dienone is 2. The number of carbonyl (C=O) groups is 1. The highest BCUT2D eigenvalue weighted by molar-refractivity contribution is 6.38. The molecule has 1 aliphatic rings. The molecule has 1 fully saturated rings. The minimum Gasteiger partial charge on any atom is -0.505 e. The molecule has 1 aliphatic carbocycles. The van der Waals surface area contributed by atoms with Gasteiger partial charge in [0.2, 0.25) is 0 Å². The van der Waals surface area contributed by atoms with Crippen molar-refractivity contribution in [2.24, 2.45) is 0 Å². The van der Waals surface area contributed by atoms with Crippen molar-refractivity contribution in [3.05, 3.63) is 66.6 Å². The van der Waals surface area contributed by atoms with Crippen LogP contribution in [0.1, 0.15) is 24.0 Å². The molecule has 0 radical (unpaired) electrons. The van der Waals surface area contributed by atoms with Crippen LogP contribution in [0.2, 0.25) is 20.1 Å². The van der Waals surface area contributed by atoms with Gasteiger partial charge in [-0.05, 0) is 60.4 Å². The van der Waals surface area contributed by atoms with Gasteiger partial charge in [0.05, 0.1) is 20.1 Å². The first-order valence-corrected chi connectivity index (χ1v) is 9.09. The van der Waals surface area contributed by atoms with E-state index in [1.54, 1.807) is 36.4 Å². The van der Waals surface area contributed by atoms with Crippen molar-refractivity contribution >= 4 is 64.3 Å². The summed E-state index contributed by atoms with van der Waals surface area (Å²) < 4.78 is 0. The highest BCUT2D eigenvalue weighted by Gasteiger charge is 2.23. The molecule has 0 spiro atoms. The van der Waals surface area contributed by atoms with Gasteiger partial charge in [-0.15, -0.1) is 0 Å². The van der Waals surface area contributed by atoms with E-state index in [0.717, 1.165) is 0 Å². The number of rotatable bonds is 2. The molecule has 3 rings (SSSR count). The molecule has 0 saturated heterocycles. The Kier molecular flexibility index (Phi) is 5.54. The molecule has 0 aromatic heterocycles. The van der Waals surface area contributed by atoms with E-state index < -0.39 is 0 Å². The molecular formula is C19H12Cl4O3. The van der Waals surface area contributed by atoms with E-state index in [1.165, 1.54) is 0 Å². The van der Waals surface area contributed by atoms with E-state index in [4.69, 9.17) is 46.4 Å². The van der Waals surface area contributed by atoms with Crippen molar-refractivity contribution < 1.29 is 15.0 Å². The van der Waals surface area contributed by atoms with Crippen LogP contribution in [0.5, 0.6) is 11.5 Å². The van der Waals surface area contributed by atoms with Crippen molar-refractivity contribution in [2.75, 3.05) is 0 Å². The first-order valence-electron chi connectivity index (χ1n) is 7.58. The van der Waals surface area contributed by atoms with Gasteiger partial charge in [0.25, 0.3) is 0 Å². The van der Waals surface area contributed by atoms with Crippen LogP contribution < -0.4 is 0 Å². The smallest absolute Gasteiger partial charge is 0.185 e. The maximum absolute atomic E-state index is 12.6. The Labute approximate surface area is 170 Å². The van der Waals surface area contributed by atoms with Crippen molar-refractivity contribution in [3.8, 4) is 11.5 Å². The van der Waals surface area contributed by atoms with Gasteiger partial charge in [-0.1, -0.05) is 46.4 Å². The fraction of sp³-hybridized carbons (Fsp3) is 0.105. The number of ketones is 1. The summed E-state index contributed by atoms with van der Waals surface area (Å²) in [5, 5.41) is 19.7. The molecule has 0 unspecified atom stereocenters. The predicted octanol–water partition coefficient (Wildman–Crippen LogP) is 6.54. The van der Waals surface area contributed by atoms with Gasteiger partial charge in [-0.2, -0.15) is 0 Å². The molecule has 1 saturated carbocycles. The summed E-state index contributed by atoms with van der Waals surface area (Å²) in [5.74, 6) is -0.463. The second-order valence-corrected chi connectivity index (χ2v) is 7.46. The minimum atomic E-state index is -0.185. The lowest BCUT2D eigenvalue weighted by atomic mass is 10.1. The van der Waals surface area contributed by atoms with Crippen LogP contribution >= 0.6 is 46.4 Å². The molecule has 0 aliphatic heterocycles. The van der Waals surface area contributed by atoms with E-state index >= 15 is 0 Å². The summed E-state index contributed by atoms with van der Waals surface area (Å²) >= 11 is 23.7. The molecule has 0 atom stereocenters. The van der Waals surface area contributed by atoms with Crippen LogP contribution in [0, 0.1) is 0 Å². The van der Waals surface area contributed by atoms with E-state index in [9.17, 15) is 15.0 Å². The molecule has 0 heterocycles. The Morgan fingerprint density at radius 3 is 1.31 bits per heavy atom. The molecule has 7 heteroatoms. The zero-order chi connectivity index (χ0) is 19.0. The number of hydrogen-bond donors (Lipinski definition) is 2. The maximum atomic E-state index is 12.6. The van der Waals surface area contributed by atoms with Crippen molar-refractivity contribution in [3.63, 3.8) is 0 Å². The molecule has 0 amide bonds. The molecular weight excluding hydrogens is 418 g/mol. The third kappa shape index (κ3) is 3.86. The van der Waals surface area contributed by atoms with Crippen LogP contribution in [0.4, 0.5) is 0 Å². The lowest BCUT2D eigenvalue weighted by Gasteiger charge is -2.03.